The molecule has 134 valence electrons. The van der Waals surface area contributed by atoms with Crippen molar-refractivity contribution < 1.29 is 14.3 Å². The van der Waals surface area contributed by atoms with Gasteiger partial charge in [-0.05, 0) is 60.7 Å². The fourth-order valence-corrected chi connectivity index (χ4v) is 3.01. The van der Waals surface area contributed by atoms with Gasteiger partial charge < -0.3 is 14.8 Å². The summed E-state index contributed by atoms with van der Waals surface area (Å²) in [5.41, 5.74) is 0.945. The lowest BCUT2D eigenvalue weighted by Crippen LogP contribution is -2.30. The Balaban J connectivity index is 1.63. The minimum absolute atomic E-state index is 0.0807. The number of nitrogens with one attached hydrogen (secondary N) is 1. The van der Waals surface area contributed by atoms with Gasteiger partial charge in [0.15, 0.2) is 11.5 Å². The first kappa shape index (κ1) is 17.2. The second-order valence-corrected chi connectivity index (χ2v) is 6.23. The Labute approximate surface area is 146 Å². The maximum Gasteiger partial charge on any atom is 0.242 e. The molecule has 1 N–H and O–H groups in total. The molecule has 1 aliphatic carbocycles. The van der Waals surface area contributed by atoms with Gasteiger partial charge >= 0.3 is 0 Å². The van der Waals surface area contributed by atoms with Gasteiger partial charge in [-0.25, -0.2) is 4.68 Å². The molecule has 1 amide bonds. The maximum absolute atomic E-state index is 12.1. The highest BCUT2D eigenvalue weighted by Crippen LogP contribution is 2.33. The van der Waals surface area contributed by atoms with Crippen molar-refractivity contribution in [2.24, 2.45) is 0 Å². The Morgan fingerprint density at radius 1 is 1.36 bits per heavy atom. The van der Waals surface area contributed by atoms with Crippen LogP contribution in [0.2, 0.25) is 0 Å². The molecule has 1 aromatic carbocycles. The van der Waals surface area contributed by atoms with E-state index in [-0.39, 0.29) is 24.6 Å². The molecule has 1 atom stereocenters. The molecule has 0 aliphatic heterocycles. The van der Waals surface area contributed by atoms with Crippen LogP contribution in [-0.4, -0.2) is 39.3 Å². The van der Waals surface area contributed by atoms with Crippen LogP contribution < -0.4 is 14.8 Å². The molecule has 1 heterocycles. The fraction of sp³-hybridized carbons (Fsp3) is 0.529. The Bertz CT molecular complexity index is 698. The van der Waals surface area contributed by atoms with Crippen LogP contribution in [0.15, 0.2) is 24.5 Å². The summed E-state index contributed by atoms with van der Waals surface area (Å²) in [6.45, 7) is 2.00. The van der Waals surface area contributed by atoms with Gasteiger partial charge in [0.05, 0.1) is 19.3 Å². The molecule has 1 aromatic heterocycles. The summed E-state index contributed by atoms with van der Waals surface area (Å²) in [6, 6.07) is 5.61. The average molecular weight is 345 g/mol. The Hall–Kier alpha value is -2.64. The number of methoxy groups -OCH3 is 1. The van der Waals surface area contributed by atoms with Gasteiger partial charge in [0.25, 0.3) is 0 Å². The zero-order valence-electron chi connectivity index (χ0n) is 14.5. The molecule has 0 bridgehead atoms. The normalized spacial score (nSPS) is 15.8. The van der Waals surface area contributed by atoms with Crippen molar-refractivity contribution in [2.45, 2.75) is 51.3 Å². The minimum atomic E-state index is -0.168. The number of hydrogen-bond donors (Lipinski definition) is 1. The molecule has 1 aliphatic rings. The Kier molecular flexibility index (Phi) is 5.47. The Morgan fingerprint density at radius 3 is 2.84 bits per heavy atom. The number of aromatic nitrogens is 4. The summed E-state index contributed by atoms with van der Waals surface area (Å²) in [6.07, 6.45) is 6.30. The highest BCUT2D eigenvalue weighted by Gasteiger charge is 2.19. The van der Waals surface area contributed by atoms with Crippen molar-refractivity contribution in [2.75, 3.05) is 7.11 Å². The number of nitrogens with zero attached hydrogens (tertiary/aromatic N) is 4. The number of tetrazole rings is 1. The number of ether oxygens (including phenoxy) is 2. The van der Waals surface area contributed by atoms with Crippen LogP contribution in [0.25, 0.3) is 0 Å². The van der Waals surface area contributed by atoms with Gasteiger partial charge in [-0.1, -0.05) is 6.07 Å². The van der Waals surface area contributed by atoms with Crippen LogP contribution in [0.3, 0.4) is 0 Å². The molecule has 25 heavy (non-hydrogen) atoms. The van der Waals surface area contributed by atoms with Crippen molar-refractivity contribution >= 4 is 5.91 Å². The molecule has 0 saturated heterocycles. The third-order valence-electron chi connectivity index (χ3n) is 4.36. The standard InChI is InChI=1S/C17H23N5O3/c1-12(19-17(23)10-22-11-18-20-21-22)13-7-8-15(16(9-13)24-2)25-14-5-3-4-6-14/h7-9,11-12,14H,3-6,10H2,1-2H3,(H,19,23)/t12-/m1/s1. The highest BCUT2D eigenvalue weighted by molar-refractivity contribution is 5.76. The Morgan fingerprint density at radius 2 is 2.16 bits per heavy atom. The van der Waals surface area contributed by atoms with Gasteiger partial charge in [0, 0.05) is 0 Å². The van der Waals surface area contributed by atoms with E-state index in [9.17, 15) is 4.79 Å². The molecule has 2 aromatic rings. The summed E-state index contributed by atoms with van der Waals surface area (Å²) >= 11 is 0. The predicted molar refractivity (Wildman–Crippen MR) is 90.3 cm³/mol. The van der Waals surface area contributed by atoms with Crippen LogP contribution in [0.1, 0.15) is 44.2 Å². The van der Waals surface area contributed by atoms with E-state index in [4.69, 9.17) is 9.47 Å². The molecule has 3 rings (SSSR count). The van der Waals surface area contributed by atoms with Crippen molar-refractivity contribution in [3.05, 3.63) is 30.1 Å². The van der Waals surface area contributed by atoms with Crippen LogP contribution in [0.5, 0.6) is 11.5 Å². The molecule has 1 fully saturated rings. The number of hydrogen-bond acceptors (Lipinski definition) is 6. The van der Waals surface area contributed by atoms with Gasteiger partial charge in [0.1, 0.15) is 12.9 Å². The van der Waals surface area contributed by atoms with Crippen molar-refractivity contribution in [3.63, 3.8) is 0 Å². The van der Waals surface area contributed by atoms with Crippen LogP contribution >= 0.6 is 0 Å². The number of amides is 1. The zero-order valence-corrected chi connectivity index (χ0v) is 14.5. The number of benzene rings is 1. The van der Waals surface area contributed by atoms with E-state index < -0.39 is 0 Å². The molecule has 8 heteroatoms. The summed E-state index contributed by atoms with van der Waals surface area (Å²) in [5.74, 6) is 1.28. The van der Waals surface area contributed by atoms with Crippen molar-refractivity contribution in [1.82, 2.24) is 25.5 Å². The van der Waals surface area contributed by atoms with E-state index in [1.54, 1.807) is 7.11 Å². The van der Waals surface area contributed by atoms with E-state index >= 15 is 0 Å². The van der Waals surface area contributed by atoms with Crippen LogP contribution in [-0.2, 0) is 11.3 Å². The summed E-state index contributed by atoms with van der Waals surface area (Å²) in [7, 11) is 1.63. The molecule has 8 nitrogen and oxygen atoms in total. The van der Waals surface area contributed by atoms with Crippen LogP contribution in [0.4, 0.5) is 0 Å². The molecule has 0 unspecified atom stereocenters. The van der Waals surface area contributed by atoms with E-state index in [0.29, 0.717) is 5.75 Å². The topological polar surface area (TPSA) is 91.2 Å². The number of carbonyl (C=O) groups is 1. The average Bonchev–Trinajstić information content (AvgIpc) is 3.29. The predicted octanol–water partition coefficient (Wildman–Crippen LogP) is 1.88. The monoisotopic (exact) mass is 345 g/mol. The largest absolute Gasteiger partial charge is 0.493 e. The minimum Gasteiger partial charge on any atom is -0.493 e. The van der Waals surface area contributed by atoms with Gasteiger partial charge in [0.2, 0.25) is 5.91 Å². The van der Waals surface area contributed by atoms with Gasteiger partial charge in [-0.3, -0.25) is 4.79 Å². The first-order chi connectivity index (χ1) is 12.2. The molecular formula is C17H23N5O3. The second kappa shape index (κ2) is 7.96. The summed E-state index contributed by atoms with van der Waals surface area (Å²) in [5, 5.41) is 13.6. The van der Waals surface area contributed by atoms with Crippen molar-refractivity contribution in [3.8, 4) is 11.5 Å². The maximum atomic E-state index is 12.1. The van der Waals surface area contributed by atoms with Crippen molar-refractivity contribution in [1.29, 1.82) is 0 Å². The highest BCUT2D eigenvalue weighted by atomic mass is 16.5. The first-order valence-electron chi connectivity index (χ1n) is 8.50. The van der Waals surface area contributed by atoms with E-state index in [2.05, 4.69) is 20.8 Å². The molecular weight excluding hydrogens is 322 g/mol. The first-order valence-corrected chi connectivity index (χ1v) is 8.50. The smallest absolute Gasteiger partial charge is 0.242 e. The zero-order chi connectivity index (χ0) is 17.6. The fourth-order valence-electron chi connectivity index (χ4n) is 3.01. The summed E-state index contributed by atoms with van der Waals surface area (Å²) < 4.78 is 12.9. The van der Waals surface area contributed by atoms with E-state index in [1.807, 2.05) is 25.1 Å². The lowest BCUT2D eigenvalue weighted by Gasteiger charge is -2.19. The van der Waals surface area contributed by atoms with E-state index in [1.165, 1.54) is 23.9 Å². The lowest BCUT2D eigenvalue weighted by molar-refractivity contribution is -0.122. The van der Waals surface area contributed by atoms with Crippen LogP contribution in [0, 0.1) is 0 Å². The third kappa shape index (κ3) is 4.46. The van der Waals surface area contributed by atoms with E-state index in [0.717, 1.165) is 24.2 Å². The SMILES string of the molecule is COc1cc([C@@H](C)NC(=O)Cn2cnnn2)ccc1OC1CCCC1. The second-order valence-electron chi connectivity index (χ2n) is 6.23. The number of carbonyl (C=O) groups excluding carboxylic acids is 1. The molecule has 0 radical (unpaired) electrons. The quantitative estimate of drug-likeness (QED) is 0.824. The third-order valence-corrected chi connectivity index (χ3v) is 4.36. The number of rotatable bonds is 7. The van der Waals surface area contributed by atoms with Gasteiger partial charge in [-0.15, -0.1) is 5.10 Å². The molecule has 0 spiro atoms. The lowest BCUT2D eigenvalue weighted by atomic mass is 10.1. The van der Waals surface area contributed by atoms with Gasteiger partial charge in [-0.2, -0.15) is 0 Å². The summed E-state index contributed by atoms with van der Waals surface area (Å²) in [4.78, 5) is 12.1. The molecule has 1 saturated carbocycles.